The molecule has 0 amide bonds. The number of likely N-dealkylation sites (tertiary alicyclic amines) is 1. The van der Waals surface area contributed by atoms with Gasteiger partial charge in [0, 0.05) is 19.8 Å². The van der Waals surface area contributed by atoms with E-state index in [9.17, 15) is 0 Å². The second kappa shape index (κ2) is 6.02. The highest BCUT2D eigenvalue weighted by atomic mass is 79.9. The first-order valence-corrected chi connectivity index (χ1v) is 7.37. The van der Waals surface area contributed by atoms with Gasteiger partial charge in [0.15, 0.2) is 0 Å². The third kappa shape index (κ3) is 3.45. The molecular weight excluding hydrogens is 290 g/mol. The number of anilines is 1. The predicted molar refractivity (Wildman–Crippen MR) is 80.2 cm³/mol. The molecule has 1 aromatic rings. The number of nitrogens with zero attached hydrogens (tertiary/aromatic N) is 3. The van der Waals surface area contributed by atoms with Crippen LogP contribution in [0.3, 0.4) is 0 Å². The average molecular weight is 312 g/mol. The lowest BCUT2D eigenvalue weighted by atomic mass is 9.97. The first kappa shape index (κ1) is 13.8. The fraction of sp³-hybridized carbons (Fsp3) is 0.643. The van der Waals surface area contributed by atoms with Crippen LogP contribution in [-0.4, -0.2) is 43.6 Å². The van der Waals surface area contributed by atoms with Gasteiger partial charge in [0.2, 0.25) is 0 Å². The molecule has 0 aliphatic carbocycles. The number of aryl methyl sites for hydroxylation is 1. The van der Waals surface area contributed by atoms with Gasteiger partial charge in [0.05, 0.1) is 4.47 Å². The number of halogens is 1. The standard InChI is InChI=1S/C14H22BrN3/c1-11-8-13(15)14(16-9-11)18(3)10-12-4-6-17(2)7-5-12/h8-9,12H,4-7,10H2,1-3H3. The summed E-state index contributed by atoms with van der Waals surface area (Å²) in [5.41, 5.74) is 1.19. The van der Waals surface area contributed by atoms with E-state index in [4.69, 9.17) is 0 Å². The van der Waals surface area contributed by atoms with Crippen molar-refractivity contribution < 1.29 is 0 Å². The lowest BCUT2D eigenvalue weighted by Crippen LogP contribution is -2.36. The van der Waals surface area contributed by atoms with E-state index in [1.54, 1.807) is 0 Å². The molecule has 0 spiro atoms. The molecule has 0 bridgehead atoms. The summed E-state index contributed by atoms with van der Waals surface area (Å²) in [7, 11) is 4.35. The Balaban J connectivity index is 1.97. The minimum atomic E-state index is 0.793. The van der Waals surface area contributed by atoms with Crippen LogP contribution in [0.25, 0.3) is 0 Å². The van der Waals surface area contributed by atoms with Gasteiger partial charge in [-0.05, 0) is 73.4 Å². The van der Waals surface area contributed by atoms with E-state index in [1.807, 2.05) is 6.20 Å². The van der Waals surface area contributed by atoms with Crippen LogP contribution in [0.4, 0.5) is 5.82 Å². The molecule has 1 aliphatic heterocycles. The topological polar surface area (TPSA) is 19.4 Å². The molecule has 0 N–H and O–H groups in total. The van der Waals surface area contributed by atoms with Crippen molar-refractivity contribution in [2.24, 2.45) is 5.92 Å². The number of piperidine rings is 1. The van der Waals surface area contributed by atoms with E-state index in [2.05, 4.69) is 57.8 Å². The molecule has 1 aliphatic rings. The highest BCUT2D eigenvalue weighted by Gasteiger charge is 2.19. The van der Waals surface area contributed by atoms with Gasteiger partial charge in [-0.15, -0.1) is 0 Å². The molecular formula is C14H22BrN3. The Kier molecular flexibility index (Phi) is 4.62. The Bertz CT molecular complexity index is 400. The minimum Gasteiger partial charge on any atom is -0.358 e. The van der Waals surface area contributed by atoms with E-state index in [-0.39, 0.29) is 0 Å². The van der Waals surface area contributed by atoms with Crippen molar-refractivity contribution in [2.45, 2.75) is 19.8 Å². The van der Waals surface area contributed by atoms with Crippen molar-refractivity contribution in [3.05, 3.63) is 22.3 Å². The molecule has 1 aromatic heterocycles. The Morgan fingerprint density at radius 2 is 2.11 bits per heavy atom. The summed E-state index contributed by atoms with van der Waals surface area (Å²) < 4.78 is 1.10. The van der Waals surface area contributed by atoms with E-state index >= 15 is 0 Å². The second-order valence-electron chi connectivity index (χ2n) is 5.45. The zero-order valence-corrected chi connectivity index (χ0v) is 13.1. The third-order valence-electron chi connectivity index (χ3n) is 3.69. The Morgan fingerprint density at radius 3 is 2.72 bits per heavy atom. The lowest BCUT2D eigenvalue weighted by molar-refractivity contribution is 0.222. The average Bonchev–Trinajstić information content (AvgIpc) is 2.32. The van der Waals surface area contributed by atoms with Crippen LogP contribution in [0.5, 0.6) is 0 Å². The zero-order chi connectivity index (χ0) is 13.1. The molecule has 2 rings (SSSR count). The Morgan fingerprint density at radius 1 is 1.44 bits per heavy atom. The summed E-state index contributed by atoms with van der Waals surface area (Å²) >= 11 is 3.61. The molecule has 0 atom stereocenters. The maximum atomic E-state index is 4.53. The van der Waals surface area contributed by atoms with Gasteiger partial charge in [-0.25, -0.2) is 4.98 Å². The SMILES string of the molecule is Cc1cnc(N(C)CC2CCN(C)CC2)c(Br)c1. The first-order chi connectivity index (χ1) is 8.56. The van der Waals surface area contributed by atoms with Gasteiger partial charge in [-0.1, -0.05) is 0 Å². The molecule has 4 heteroatoms. The minimum absolute atomic E-state index is 0.793. The fourth-order valence-corrected chi connectivity index (χ4v) is 3.29. The zero-order valence-electron chi connectivity index (χ0n) is 11.5. The first-order valence-electron chi connectivity index (χ1n) is 6.58. The van der Waals surface area contributed by atoms with Crippen molar-refractivity contribution in [2.75, 3.05) is 38.6 Å². The third-order valence-corrected chi connectivity index (χ3v) is 4.27. The molecule has 100 valence electrons. The van der Waals surface area contributed by atoms with Crippen LogP contribution in [0.1, 0.15) is 18.4 Å². The molecule has 0 radical (unpaired) electrons. The largest absolute Gasteiger partial charge is 0.358 e. The smallest absolute Gasteiger partial charge is 0.142 e. The summed E-state index contributed by atoms with van der Waals surface area (Å²) in [4.78, 5) is 9.22. The van der Waals surface area contributed by atoms with Crippen molar-refractivity contribution in [3.8, 4) is 0 Å². The second-order valence-corrected chi connectivity index (χ2v) is 6.30. The van der Waals surface area contributed by atoms with Crippen LogP contribution in [0, 0.1) is 12.8 Å². The van der Waals surface area contributed by atoms with Crippen molar-refractivity contribution in [1.82, 2.24) is 9.88 Å². The molecule has 1 fully saturated rings. The molecule has 0 saturated carbocycles. The predicted octanol–water partition coefficient (Wildman–Crippen LogP) is 2.93. The van der Waals surface area contributed by atoms with Crippen molar-refractivity contribution in [3.63, 3.8) is 0 Å². The van der Waals surface area contributed by atoms with Crippen LogP contribution in [-0.2, 0) is 0 Å². The molecule has 0 unspecified atom stereocenters. The van der Waals surface area contributed by atoms with Gasteiger partial charge in [0.25, 0.3) is 0 Å². The Hall–Kier alpha value is -0.610. The summed E-state index contributed by atoms with van der Waals surface area (Å²) in [6.07, 6.45) is 4.53. The van der Waals surface area contributed by atoms with Crippen molar-refractivity contribution in [1.29, 1.82) is 0 Å². The van der Waals surface area contributed by atoms with E-state index in [1.165, 1.54) is 31.5 Å². The van der Waals surface area contributed by atoms with Crippen LogP contribution in [0.2, 0.25) is 0 Å². The number of hydrogen-bond acceptors (Lipinski definition) is 3. The van der Waals surface area contributed by atoms with Gasteiger partial charge in [-0.3, -0.25) is 0 Å². The maximum absolute atomic E-state index is 4.53. The van der Waals surface area contributed by atoms with Crippen molar-refractivity contribution >= 4 is 21.7 Å². The molecule has 1 saturated heterocycles. The number of pyridine rings is 1. The highest BCUT2D eigenvalue weighted by molar-refractivity contribution is 9.10. The molecule has 2 heterocycles. The van der Waals surface area contributed by atoms with Gasteiger partial charge in [0.1, 0.15) is 5.82 Å². The van der Waals surface area contributed by atoms with Gasteiger partial charge < -0.3 is 9.80 Å². The monoisotopic (exact) mass is 311 g/mol. The summed E-state index contributed by atoms with van der Waals surface area (Å²) in [5, 5.41) is 0. The summed E-state index contributed by atoms with van der Waals surface area (Å²) in [6.45, 7) is 5.61. The number of aromatic nitrogens is 1. The number of rotatable bonds is 3. The molecule has 18 heavy (non-hydrogen) atoms. The van der Waals surface area contributed by atoms with Crippen LogP contribution in [0.15, 0.2) is 16.7 Å². The van der Waals surface area contributed by atoms with Crippen LogP contribution < -0.4 is 4.90 Å². The Labute approximate surface area is 118 Å². The van der Waals surface area contributed by atoms with Gasteiger partial charge in [-0.2, -0.15) is 0 Å². The lowest BCUT2D eigenvalue weighted by Gasteiger charge is -2.32. The van der Waals surface area contributed by atoms with Gasteiger partial charge >= 0.3 is 0 Å². The van der Waals surface area contributed by atoms with E-state index in [0.717, 1.165) is 22.8 Å². The quantitative estimate of drug-likeness (QED) is 0.855. The molecule has 0 aromatic carbocycles. The fourth-order valence-electron chi connectivity index (χ4n) is 2.53. The highest BCUT2D eigenvalue weighted by Crippen LogP contribution is 2.26. The normalized spacial score (nSPS) is 18.0. The molecule has 3 nitrogen and oxygen atoms in total. The van der Waals surface area contributed by atoms with E-state index < -0.39 is 0 Å². The summed E-state index contributed by atoms with van der Waals surface area (Å²) in [5.74, 6) is 1.85. The summed E-state index contributed by atoms with van der Waals surface area (Å²) in [6, 6.07) is 2.13. The number of hydrogen-bond donors (Lipinski definition) is 0. The van der Waals surface area contributed by atoms with E-state index in [0.29, 0.717) is 0 Å². The van der Waals surface area contributed by atoms with Crippen LogP contribution >= 0.6 is 15.9 Å². The maximum Gasteiger partial charge on any atom is 0.142 e.